The van der Waals surface area contributed by atoms with E-state index < -0.39 is 5.63 Å². The van der Waals surface area contributed by atoms with Crippen molar-refractivity contribution in [3.63, 3.8) is 0 Å². The zero-order valence-electron chi connectivity index (χ0n) is 15.8. The van der Waals surface area contributed by atoms with Crippen molar-refractivity contribution < 1.29 is 18.5 Å². The molecule has 4 aromatic rings. The average Bonchev–Trinajstić information content (AvgIpc) is 3.23. The highest BCUT2D eigenvalue weighted by atomic mass is 16.5. The fraction of sp³-hybridized carbons (Fsp3) is 0.190. The minimum absolute atomic E-state index is 0.0166. The minimum Gasteiger partial charge on any atom is -0.461 e. The number of hydrogen-bond acceptors (Lipinski definition) is 8. The van der Waals surface area contributed by atoms with Crippen molar-refractivity contribution in [3.05, 3.63) is 64.3 Å². The summed E-state index contributed by atoms with van der Waals surface area (Å²) in [7, 11) is 0. The first-order valence-corrected chi connectivity index (χ1v) is 9.04. The lowest BCUT2D eigenvalue weighted by Gasteiger charge is -2.08. The number of aromatic nitrogens is 3. The zero-order chi connectivity index (χ0) is 20.4. The van der Waals surface area contributed by atoms with Gasteiger partial charge in [-0.25, -0.2) is 4.79 Å². The molecular formula is C21H17N3O5. The van der Waals surface area contributed by atoms with Gasteiger partial charge in [0.25, 0.3) is 5.89 Å². The van der Waals surface area contributed by atoms with E-state index in [9.17, 15) is 9.59 Å². The van der Waals surface area contributed by atoms with E-state index in [-0.39, 0.29) is 30.5 Å². The fourth-order valence-corrected chi connectivity index (χ4v) is 2.84. The van der Waals surface area contributed by atoms with Gasteiger partial charge in [-0.2, -0.15) is 4.98 Å². The van der Waals surface area contributed by atoms with Crippen molar-refractivity contribution in [1.29, 1.82) is 0 Å². The molecule has 0 spiro atoms. The second-order valence-electron chi connectivity index (χ2n) is 6.36. The van der Waals surface area contributed by atoms with Gasteiger partial charge in [0, 0.05) is 29.1 Å². The first-order valence-electron chi connectivity index (χ1n) is 9.04. The third-order valence-electron chi connectivity index (χ3n) is 4.40. The van der Waals surface area contributed by atoms with Gasteiger partial charge in [0.15, 0.2) is 5.58 Å². The van der Waals surface area contributed by atoms with Crippen LogP contribution in [0.1, 0.15) is 24.6 Å². The first kappa shape index (κ1) is 18.5. The highest BCUT2D eigenvalue weighted by Crippen LogP contribution is 2.26. The number of ether oxygens (including phenoxy) is 1. The van der Waals surface area contributed by atoms with Gasteiger partial charge in [-0.05, 0) is 13.0 Å². The Morgan fingerprint density at radius 2 is 2.00 bits per heavy atom. The lowest BCUT2D eigenvalue weighted by atomic mass is 10.1. The van der Waals surface area contributed by atoms with Crippen LogP contribution in [0.15, 0.2) is 56.3 Å². The number of pyridine rings is 1. The van der Waals surface area contributed by atoms with E-state index >= 15 is 0 Å². The molecule has 1 aromatic carbocycles. The Morgan fingerprint density at radius 3 is 2.76 bits per heavy atom. The summed E-state index contributed by atoms with van der Waals surface area (Å²) in [4.78, 5) is 32.6. The molecule has 146 valence electrons. The molecular weight excluding hydrogens is 374 g/mol. The monoisotopic (exact) mass is 391 g/mol. The number of carbonyl (C=O) groups is 1. The molecule has 0 unspecified atom stereocenters. The largest absolute Gasteiger partial charge is 0.461 e. The first-order chi connectivity index (χ1) is 14.1. The van der Waals surface area contributed by atoms with E-state index in [0.717, 1.165) is 5.56 Å². The normalized spacial score (nSPS) is 11.0. The van der Waals surface area contributed by atoms with Crippen LogP contribution in [0, 0.1) is 6.92 Å². The van der Waals surface area contributed by atoms with Gasteiger partial charge in [-0.1, -0.05) is 42.4 Å². The Hall–Kier alpha value is -3.81. The lowest BCUT2D eigenvalue weighted by Crippen LogP contribution is -2.07. The number of rotatable bonds is 5. The maximum Gasteiger partial charge on any atom is 0.349 e. The van der Waals surface area contributed by atoms with Gasteiger partial charge in [0.05, 0.1) is 5.69 Å². The average molecular weight is 391 g/mol. The van der Waals surface area contributed by atoms with E-state index in [0.29, 0.717) is 28.1 Å². The van der Waals surface area contributed by atoms with E-state index in [1.807, 2.05) is 30.3 Å². The SMILES string of the molecule is CCC(=O)OCc1cnc(C)c2oc(=O)c(-c3nc(-c4ccccc4)no3)cc12. The molecule has 0 saturated carbocycles. The molecule has 0 aliphatic carbocycles. The molecule has 0 atom stereocenters. The Labute approximate surface area is 165 Å². The van der Waals surface area contributed by atoms with Crippen LogP contribution < -0.4 is 5.63 Å². The zero-order valence-corrected chi connectivity index (χ0v) is 15.8. The van der Waals surface area contributed by atoms with Gasteiger partial charge >= 0.3 is 11.6 Å². The molecule has 0 bridgehead atoms. The predicted octanol–water partition coefficient (Wildman–Crippen LogP) is 3.67. The molecule has 3 aromatic heterocycles. The highest BCUT2D eigenvalue weighted by molar-refractivity contribution is 5.85. The predicted molar refractivity (Wildman–Crippen MR) is 104 cm³/mol. The van der Waals surface area contributed by atoms with E-state index in [1.165, 1.54) is 0 Å². The molecule has 0 radical (unpaired) electrons. The maximum atomic E-state index is 12.5. The van der Waals surface area contributed by atoms with Gasteiger partial charge in [-0.15, -0.1) is 0 Å². The quantitative estimate of drug-likeness (QED) is 0.474. The molecule has 8 nitrogen and oxygen atoms in total. The van der Waals surface area contributed by atoms with Crippen LogP contribution >= 0.6 is 0 Å². The molecule has 0 aliphatic rings. The topological polar surface area (TPSA) is 108 Å². The Balaban J connectivity index is 1.79. The van der Waals surface area contributed by atoms with Crippen LogP contribution in [-0.2, 0) is 16.1 Å². The van der Waals surface area contributed by atoms with Crippen molar-refractivity contribution in [2.75, 3.05) is 0 Å². The third kappa shape index (κ3) is 3.64. The van der Waals surface area contributed by atoms with E-state index in [1.54, 1.807) is 26.1 Å². The van der Waals surface area contributed by atoms with Crippen molar-refractivity contribution in [1.82, 2.24) is 15.1 Å². The smallest absolute Gasteiger partial charge is 0.349 e. The number of fused-ring (bicyclic) bond motifs is 1. The number of benzene rings is 1. The molecule has 29 heavy (non-hydrogen) atoms. The summed E-state index contributed by atoms with van der Waals surface area (Å²) in [5.74, 6) is 0.0781. The third-order valence-corrected chi connectivity index (χ3v) is 4.40. The summed E-state index contributed by atoms with van der Waals surface area (Å²) in [6, 6.07) is 10.9. The van der Waals surface area contributed by atoms with E-state index in [2.05, 4.69) is 15.1 Å². The van der Waals surface area contributed by atoms with Crippen molar-refractivity contribution >= 4 is 16.9 Å². The lowest BCUT2D eigenvalue weighted by molar-refractivity contribution is -0.144. The standard InChI is InChI=1S/C21H17N3O5/c1-3-17(25)27-11-14-10-22-12(2)18-15(14)9-16(21(26)28-18)20-23-19(24-29-20)13-7-5-4-6-8-13/h4-10H,3,11H2,1-2H3. The summed E-state index contributed by atoms with van der Waals surface area (Å²) < 4.78 is 16.0. The summed E-state index contributed by atoms with van der Waals surface area (Å²) in [6.45, 7) is 3.46. The van der Waals surface area contributed by atoms with Gasteiger partial charge in [-0.3, -0.25) is 9.78 Å². The summed E-state index contributed by atoms with van der Waals surface area (Å²) in [5.41, 5.74) is 1.76. The van der Waals surface area contributed by atoms with Crippen LogP contribution in [0.2, 0.25) is 0 Å². The van der Waals surface area contributed by atoms with Crippen LogP contribution in [0.3, 0.4) is 0 Å². The fourth-order valence-electron chi connectivity index (χ4n) is 2.84. The number of hydrogen-bond donors (Lipinski definition) is 0. The highest BCUT2D eigenvalue weighted by Gasteiger charge is 2.19. The van der Waals surface area contributed by atoms with Gasteiger partial charge in [0.2, 0.25) is 5.82 Å². The molecule has 0 saturated heterocycles. The molecule has 0 fully saturated rings. The number of carbonyl (C=O) groups excluding carboxylic acids is 1. The van der Waals surface area contributed by atoms with Crippen molar-refractivity contribution in [2.24, 2.45) is 0 Å². The molecule has 0 aliphatic heterocycles. The van der Waals surface area contributed by atoms with Crippen molar-refractivity contribution in [3.8, 4) is 22.8 Å². The second-order valence-corrected chi connectivity index (χ2v) is 6.36. The Kier molecular flexibility index (Phi) is 4.90. The molecule has 0 amide bonds. The number of nitrogens with zero attached hydrogens (tertiary/aromatic N) is 3. The molecule has 8 heteroatoms. The summed E-state index contributed by atoms with van der Waals surface area (Å²) >= 11 is 0. The molecule has 0 N–H and O–H groups in total. The summed E-state index contributed by atoms with van der Waals surface area (Å²) in [6.07, 6.45) is 1.86. The second kappa shape index (κ2) is 7.67. The number of esters is 1. The Morgan fingerprint density at radius 1 is 1.21 bits per heavy atom. The van der Waals surface area contributed by atoms with Crippen LogP contribution in [-0.4, -0.2) is 21.1 Å². The van der Waals surface area contributed by atoms with Crippen LogP contribution in [0.25, 0.3) is 33.8 Å². The molecule has 3 heterocycles. The van der Waals surface area contributed by atoms with Crippen LogP contribution in [0.5, 0.6) is 0 Å². The number of aryl methyl sites for hydroxylation is 1. The Bertz CT molecular complexity index is 1240. The maximum absolute atomic E-state index is 12.5. The van der Waals surface area contributed by atoms with E-state index in [4.69, 9.17) is 13.7 Å². The summed E-state index contributed by atoms with van der Waals surface area (Å²) in [5, 5.41) is 4.54. The van der Waals surface area contributed by atoms with Gasteiger partial charge < -0.3 is 13.7 Å². The van der Waals surface area contributed by atoms with Crippen LogP contribution in [0.4, 0.5) is 0 Å². The van der Waals surface area contributed by atoms with Crippen molar-refractivity contribution in [2.45, 2.75) is 26.9 Å². The van der Waals surface area contributed by atoms with Gasteiger partial charge in [0.1, 0.15) is 12.2 Å². The minimum atomic E-state index is -0.617. The molecule has 4 rings (SSSR count).